The Hall–Kier alpha value is -3.89. The van der Waals surface area contributed by atoms with Crippen molar-refractivity contribution in [3.63, 3.8) is 0 Å². The highest BCUT2D eigenvalue weighted by molar-refractivity contribution is 5.85. The zero-order chi connectivity index (χ0) is 46.2. The molecule has 6 aliphatic rings. The molecule has 0 spiro atoms. The van der Waals surface area contributed by atoms with Crippen LogP contribution < -0.4 is 5.32 Å². The summed E-state index contributed by atoms with van der Waals surface area (Å²) in [7, 11) is 0. The van der Waals surface area contributed by atoms with Crippen molar-refractivity contribution in [1.29, 1.82) is 0 Å². The third kappa shape index (κ3) is 7.91. The van der Waals surface area contributed by atoms with Gasteiger partial charge in [0.05, 0.1) is 30.4 Å². The molecule has 0 radical (unpaired) electrons. The molecule has 16 nitrogen and oxygen atoms in total. The van der Waals surface area contributed by atoms with Crippen molar-refractivity contribution in [1.82, 2.24) is 20.3 Å². The number of fused-ring (bicyclic) bond motifs is 7. The summed E-state index contributed by atoms with van der Waals surface area (Å²) >= 11 is 0. The topological polar surface area (TPSA) is 215 Å². The summed E-state index contributed by atoms with van der Waals surface area (Å²) in [6.07, 6.45) is 3.39. The van der Waals surface area contributed by atoms with E-state index in [0.717, 1.165) is 65.7 Å². The van der Waals surface area contributed by atoms with Crippen molar-refractivity contribution < 1.29 is 57.9 Å². The quantitative estimate of drug-likeness (QED) is 0.164. The molecular weight excluding hydrogens is 813 g/mol. The number of carbonyl (C=O) groups excluding carboxylic acids is 5. The first-order valence-electron chi connectivity index (χ1n) is 22.9. The molecule has 1 aromatic rings. The minimum Gasteiger partial charge on any atom is -0.463 e. The second kappa shape index (κ2) is 16.5. The van der Waals surface area contributed by atoms with Gasteiger partial charge in [-0.25, -0.2) is 4.68 Å². The number of nitrogens with zero attached hydrogens (tertiary/aromatic N) is 3. The number of ether oxygens (including phenoxy) is 5. The van der Waals surface area contributed by atoms with Crippen LogP contribution in [0.4, 0.5) is 0 Å². The lowest BCUT2D eigenvalue weighted by Crippen LogP contribution is -2.68. The summed E-state index contributed by atoms with van der Waals surface area (Å²) in [4.78, 5) is 63.8. The van der Waals surface area contributed by atoms with Crippen LogP contribution in [0.15, 0.2) is 17.8 Å². The first-order valence-corrected chi connectivity index (χ1v) is 22.9. The van der Waals surface area contributed by atoms with Crippen molar-refractivity contribution >= 4 is 29.8 Å². The number of aliphatic hydroxyl groups is 2. The van der Waals surface area contributed by atoms with Gasteiger partial charge in [-0.2, -0.15) is 0 Å². The highest BCUT2D eigenvalue weighted by Gasteiger charge is 2.71. The Bertz CT molecular complexity index is 2010. The fraction of sp³-hybridized carbons (Fsp3) is 0.809. The molecule has 350 valence electrons. The van der Waals surface area contributed by atoms with E-state index >= 15 is 0 Å². The van der Waals surface area contributed by atoms with Gasteiger partial charge in [-0.15, -0.1) is 5.10 Å². The molecule has 1 saturated heterocycles. The van der Waals surface area contributed by atoms with E-state index < -0.39 is 72.6 Å². The van der Waals surface area contributed by atoms with Gasteiger partial charge in [-0.1, -0.05) is 65.3 Å². The van der Waals surface area contributed by atoms with E-state index in [1.165, 1.54) is 23.4 Å². The molecule has 5 fully saturated rings. The zero-order valence-electron chi connectivity index (χ0n) is 39.0. The molecule has 2 heterocycles. The van der Waals surface area contributed by atoms with Gasteiger partial charge in [0.25, 0.3) is 0 Å². The lowest BCUT2D eigenvalue weighted by atomic mass is 9.33. The Morgan fingerprint density at radius 2 is 1.44 bits per heavy atom. The van der Waals surface area contributed by atoms with E-state index in [4.69, 9.17) is 23.7 Å². The number of hydrogen-bond acceptors (Lipinski definition) is 14. The van der Waals surface area contributed by atoms with E-state index in [-0.39, 0.29) is 51.5 Å². The molecule has 0 unspecified atom stereocenters. The van der Waals surface area contributed by atoms with Crippen LogP contribution in [0, 0.1) is 50.2 Å². The molecule has 4 saturated carbocycles. The van der Waals surface area contributed by atoms with Crippen LogP contribution in [0.25, 0.3) is 0 Å². The first kappa shape index (κ1) is 47.1. The molecule has 14 atom stereocenters. The van der Waals surface area contributed by atoms with Crippen molar-refractivity contribution in [2.24, 2.45) is 50.2 Å². The van der Waals surface area contributed by atoms with Gasteiger partial charge in [0.1, 0.15) is 18.4 Å². The van der Waals surface area contributed by atoms with Crippen LogP contribution in [0.2, 0.25) is 0 Å². The highest BCUT2D eigenvalue weighted by atomic mass is 16.7. The maximum absolute atomic E-state index is 15.0. The molecule has 1 aliphatic heterocycles. The Kier molecular flexibility index (Phi) is 12.3. The van der Waals surface area contributed by atoms with Crippen LogP contribution in [-0.2, 0) is 54.2 Å². The fourth-order valence-electron chi connectivity index (χ4n) is 14.0. The molecule has 1 aromatic heterocycles. The van der Waals surface area contributed by atoms with Crippen LogP contribution >= 0.6 is 0 Å². The average Bonchev–Trinajstić information content (AvgIpc) is 3.65. The minimum atomic E-state index is -1.39. The van der Waals surface area contributed by atoms with Crippen LogP contribution in [0.1, 0.15) is 146 Å². The zero-order valence-corrected chi connectivity index (χ0v) is 39.0. The number of nitrogens with one attached hydrogen (secondary N) is 1. The first-order chi connectivity index (χ1) is 29.3. The number of aliphatic hydroxyl groups excluding tert-OH is 2. The SMILES string of the molecule is CC(=O)OC[C@H]1O[C@@H](n2cc(CNC(=O)[C@]34CCC(C)(C)C[C@H]3C3=CC[C@@H]5[C@@]6(C)CC[C@H](O)C(C)(C)[C@@H]6CC[C@@]5(C)[C@]3(C)C[C@H]4O)nn2)[C@@H](OC(C)=O)[C@@H](OC(C)=O)[C@@H]1OC(C)=O. The third-order valence-electron chi connectivity index (χ3n) is 17.3. The van der Waals surface area contributed by atoms with E-state index in [2.05, 4.69) is 70.2 Å². The minimum absolute atomic E-state index is 0.0381. The van der Waals surface area contributed by atoms with Crippen molar-refractivity contribution in [3.05, 3.63) is 23.5 Å². The smallest absolute Gasteiger partial charge is 0.303 e. The van der Waals surface area contributed by atoms with Crippen molar-refractivity contribution in [3.8, 4) is 0 Å². The number of aromatic nitrogens is 3. The van der Waals surface area contributed by atoms with Crippen molar-refractivity contribution in [2.75, 3.05) is 6.61 Å². The lowest BCUT2D eigenvalue weighted by Gasteiger charge is -2.71. The Morgan fingerprint density at radius 3 is 2.10 bits per heavy atom. The van der Waals surface area contributed by atoms with Gasteiger partial charge in [0.2, 0.25) is 5.91 Å². The van der Waals surface area contributed by atoms with E-state index in [9.17, 15) is 34.2 Å². The van der Waals surface area contributed by atoms with E-state index in [0.29, 0.717) is 30.4 Å². The summed E-state index contributed by atoms with van der Waals surface area (Å²) in [5.74, 6) is -2.55. The van der Waals surface area contributed by atoms with E-state index in [1.54, 1.807) is 0 Å². The van der Waals surface area contributed by atoms with Crippen molar-refractivity contribution in [2.45, 2.75) is 183 Å². The summed E-state index contributed by atoms with van der Waals surface area (Å²) in [6.45, 7) is 20.5. The Labute approximate surface area is 370 Å². The fourth-order valence-corrected chi connectivity index (χ4v) is 14.0. The average molecular weight is 883 g/mol. The van der Waals surface area contributed by atoms with Crippen LogP contribution in [0.3, 0.4) is 0 Å². The van der Waals surface area contributed by atoms with Gasteiger partial charge < -0.3 is 39.2 Å². The summed E-state index contributed by atoms with van der Waals surface area (Å²) in [6, 6.07) is 0. The largest absolute Gasteiger partial charge is 0.463 e. The maximum Gasteiger partial charge on any atom is 0.303 e. The van der Waals surface area contributed by atoms with E-state index in [1.807, 2.05) is 0 Å². The number of allylic oxidation sites excluding steroid dienone is 2. The Morgan fingerprint density at radius 1 is 0.794 bits per heavy atom. The molecule has 0 bridgehead atoms. The summed E-state index contributed by atoms with van der Waals surface area (Å²) in [5.41, 5.74) is -0.0783. The number of hydrogen-bond donors (Lipinski definition) is 3. The Balaban J connectivity index is 1.17. The van der Waals surface area contributed by atoms with Gasteiger partial charge in [-0.05, 0) is 103 Å². The number of carbonyl (C=O) groups is 5. The third-order valence-corrected chi connectivity index (χ3v) is 17.3. The summed E-state index contributed by atoms with van der Waals surface area (Å²) < 4.78 is 29.4. The van der Waals surface area contributed by atoms with Crippen LogP contribution in [-0.4, -0.2) is 98.2 Å². The molecule has 7 rings (SSSR count). The second-order valence-corrected chi connectivity index (χ2v) is 21.8. The monoisotopic (exact) mass is 882 g/mol. The van der Waals surface area contributed by atoms with Gasteiger partial charge in [0, 0.05) is 27.7 Å². The molecule has 16 heteroatoms. The standard InChI is InChI=1S/C47H70N4O12/c1-25(52)59-24-32-37(60-26(2)53)38(61-27(3)54)39(62-28(4)55)40(63-32)51-23-29(49-50-51)22-48-41(58)47-19-18-42(5,6)20-31(47)30-12-13-34-44(9)16-15-35(56)43(7,8)33(44)14-17-45(34,10)46(30,11)21-36(47)57/h12,23,31-40,56-57H,13-22,24H2,1-11H3,(H,48,58)/t31-,32+,33-,34+,35-,36+,37+,38-,39-,40+,44-,45+,46+,47+/m0/s1. The maximum atomic E-state index is 15.0. The second-order valence-electron chi connectivity index (χ2n) is 21.8. The molecule has 0 aromatic carbocycles. The molecule has 63 heavy (non-hydrogen) atoms. The van der Waals surface area contributed by atoms with Gasteiger partial charge >= 0.3 is 23.9 Å². The molecule has 1 amide bonds. The number of rotatable bonds is 9. The molecular formula is C47H70N4O12. The predicted molar refractivity (Wildman–Crippen MR) is 226 cm³/mol. The van der Waals surface area contributed by atoms with Gasteiger partial charge in [0.15, 0.2) is 24.5 Å². The number of esters is 4. The normalized spacial score (nSPS) is 41.2. The van der Waals surface area contributed by atoms with Crippen LogP contribution in [0.5, 0.6) is 0 Å². The number of amides is 1. The highest BCUT2D eigenvalue weighted by Crippen LogP contribution is 2.75. The molecule has 5 aliphatic carbocycles. The predicted octanol–water partition coefficient (Wildman–Crippen LogP) is 5.28. The lowest BCUT2D eigenvalue weighted by molar-refractivity contribution is -0.270. The van der Waals surface area contributed by atoms with Gasteiger partial charge in [-0.3, -0.25) is 24.0 Å². The molecule has 3 N–H and O–H groups in total. The summed E-state index contributed by atoms with van der Waals surface area (Å²) in [5, 5.41) is 35.5.